The van der Waals surface area contributed by atoms with Crippen LogP contribution in [0.3, 0.4) is 0 Å². The van der Waals surface area contributed by atoms with Gasteiger partial charge in [0.15, 0.2) is 0 Å². The Morgan fingerprint density at radius 2 is 2.00 bits per heavy atom. The lowest BCUT2D eigenvalue weighted by Crippen LogP contribution is -2.28. The molecular weight excluding hydrogens is 122 g/mol. The summed E-state index contributed by atoms with van der Waals surface area (Å²) < 4.78 is 8.58. The molecule has 3 heteroatoms. The standard InChI is InChI=1S/C5H11NOS/c7-8-5-1-3-6-4-2-5/h5-7H,1-4H2. The lowest BCUT2D eigenvalue weighted by molar-refractivity contribution is 0.515. The summed E-state index contributed by atoms with van der Waals surface area (Å²) in [6.07, 6.45) is 2.22. The summed E-state index contributed by atoms with van der Waals surface area (Å²) in [5, 5.41) is 3.72. The molecular formula is C5H11NOS. The Bertz CT molecular complexity index is 63.4. The molecule has 0 amide bonds. The molecule has 2 N–H and O–H groups in total. The van der Waals surface area contributed by atoms with Crippen molar-refractivity contribution in [3.8, 4) is 0 Å². The zero-order valence-electron chi connectivity index (χ0n) is 4.76. The molecule has 0 aliphatic carbocycles. The summed E-state index contributed by atoms with van der Waals surface area (Å²) >= 11 is 1.01. The van der Waals surface area contributed by atoms with E-state index in [-0.39, 0.29) is 0 Å². The topological polar surface area (TPSA) is 32.3 Å². The molecule has 0 bridgehead atoms. The van der Waals surface area contributed by atoms with Gasteiger partial charge in [0.1, 0.15) is 0 Å². The van der Waals surface area contributed by atoms with Crippen LogP contribution in [0.15, 0.2) is 0 Å². The number of hydrogen-bond acceptors (Lipinski definition) is 3. The molecule has 0 aromatic carbocycles. The van der Waals surface area contributed by atoms with Gasteiger partial charge in [0.2, 0.25) is 0 Å². The lowest BCUT2D eigenvalue weighted by atomic mass is 10.2. The molecule has 0 aromatic rings. The molecule has 0 unspecified atom stereocenters. The minimum Gasteiger partial charge on any atom is -0.330 e. The monoisotopic (exact) mass is 133 g/mol. The molecule has 1 aliphatic heterocycles. The van der Waals surface area contributed by atoms with Crippen molar-refractivity contribution in [2.24, 2.45) is 0 Å². The first-order valence-electron chi connectivity index (χ1n) is 2.94. The maximum atomic E-state index is 8.58. The van der Waals surface area contributed by atoms with Gasteiger partial charge < -0.3 is 9.87 Å². The van der Waals surface area contributed by atoms with Crippen molar-refractivity contribution in [1.82, 2.24) is 5.32 Å². The third kappa shape index (κ3) is 1.65. The van der Waals surface area contributed by atoms with Crippen LogP contribution >= 0.6 is 12.0 Å². The number of hydrogen-bond donors (Lipinski definition) is 2. The molecule has 8 heavy (non-hydrogen) atoms. The largest absolute Gasteiger partial charge is 0.330 e. The van der Waals surface area contributed by atoms with E-state index in [1.807, 2.05) is 0 Å². The molecule has 1 fully saturated rings. The summed E-state index contributed by atoms with van der Waals surface area (Å²) in [7, 11) is 0. The Balaban J connectivity index is 2.13. The Morgan fingerprint density at radius 1 is 1.38 bits per heavy atom. The quantitative estimate of drug-likeness (QED) is 0.522. The average molecular weight is 133 g/mol. The highest BCUT2D eigenvalue weighted by molar-refractivity contribution is 7.94. The van der Waals surface area contributed by atoms with Gasteiger partial charge in [-0.3, -0.25) is 0 Å². The van der Waals surface area contributed by atoms with Crippen LogP contribution in [0, 0.1) is 0 Å². The van der Waals surface area contributed by atoms with Crippen LogP contribution in [0.25, 0.3) is 0 Å². The fraction of sp³-hybridized carbons (Fsp3) is 1.00. The fourth-order valence-electron chi connectivity index (χ4n) is 0.901. The molecule has 0 aromatic heterocycles. The summed E-state index contributed by atoms with van der Waals surface area (Å²) in [6.45, 7) is 2.14. The summed E-state index contributed by atoms with van der Waals surface area (Å²) in [5.74, 6) is 0. The van der Waals surface area contributed by atoms with Gasteiger partial charge in [0, 0.05) is 5.25 Å². The number of piperidine rings is 1. The SMILES string of the molecule is OSC1CCNCC1. The smallest absolute Gasteiger partial charge is 0.0332 e. The highest BCUT2D eigenvalue weighted by Crippen LogP contribution is 2.15. The molecule has 0 atom stereocenters. The zero-order chi connectivity index (χ0) is 5.82. The Labute approximate surface area is 53.9 Å². The van der Waals surface area contributed by atoms with Crippen molar-refractivity contribution >= 4 is 12.0 Å². The van der Waals surface area contributed by atoms with Gasteiger partial charge in [-0.05, 0) is 38.0 Å². The highest BCUT2D eigenvalue weighted by Gasteiger charge is 2.11. The minimum absolute atomic E-state index is 0.497. The van der Waals surface area contributed by atoms with Crippen LogP contribution in [-0.4, -0.2) is 22.9 Å². The van der Waals surface area contributed by atoms with E-state index in [9.17, 15) is 0 Å². The molecule has 1 heterocycles. The Morgan fingerprint density at radius 3 is 2.38 bits per heavy atom. The molecule has 1 saturated heterocycles. The van der Waals surface area contributed by atoms with E-state index in [1.165, 1.54) is 0 Å². The second-order valence-corrected chi connectivity index (χ2v) is 2.93. The van der Waals surface area contributed by atoms with E-state index in [4.69, 9.17) is 4.55 Å². The second-order valence-electron chi connectivity index (χ2n) is 2.05. The average Bonchev–Trinajstić information content (AvgIpc) is 1.90. The Hall–Kier alpha value is 0.270. The lowest BCUT2D eigenvalue weighted by Gasteiger charge is -2.18. The number of rotatable bonds is 1. The summed E-state index contributed by atoms with van der Waals surface area (Å²) in [5.41, 5.74) is 0. The van der Waals surface area contributed by atoms with E-state index < -0.39 is 0 Å². The minimum atomic E-state index is 0.497. The normalized spacial score (nSPS) is 23.6. The van der Waals surface area contributed by atoms with Crippen molar-refractivity contribution < 1.29 is 4.55 Å². The van der Waals surface area contributed by atoms with Crippen LogP contribution in [0.2, 0.25) is 0 Å². The van der Waals surface area contributed by atoms with Crippen molar-refractivity contribution in [2.45, 2.75) is 18.1 Å². The fourth-order valence-corrected chi connectivity index (χ4v) is 1.35. The van der Waals surface area contributed by atoms with Crippen LogP contribution in [0.4, 0.5) is 0 Å². The van der Waals surface area contributed by atoms with Gasteiger partial charge in [-0.15, -0.1) is 0 Å². The zero-order valence-corrected chi connectivity index (χ0v) is 5.58. The number of nitrogens with one attached hydrogen (secondary N) is 1. The van der Waals surface area contributed by atoms with Crippen molar-refractivity contribution in [2.75, 3.05) is 13.1 Å². The van der Waals surface area contributed by atoms with Gasteiger partial charge in [0.05, 0.1) is 0 Å². The van der Waals surface area contributed by atoms with Gasteiger partial charge in [-0.1, -0.05) is 0 Å². The van der Waals surface area contributed by atoms with Crippen LogP contribution in [-0.2, 0) is 0 Å². The van der Waals surface area contributed by atoms with Gasteiger partial charge in [-0.2, -0.15) is 0 Å². The van der Waals surface area contributed by atoms with Crippen LogP contribution in [0.1, 0.15) is 12.8 Å². The maximum Gasteiger partial charge on any atom is 0.0332 e. The van der Waals surface area contributed by atoms with E-state index >= 15 is 0 Å². The first-order valence-corrected chi connectivity index (χ1v) is 3.78. The third-order valence-corrected chi connectivity index (χ3v) is 2.20. The first-order chi connectivity index (χ1) is 3.93. The predicted molar refractivity (Wildman–Crippen MR) is 36.1 cm³/mol. The first kappa shape index (κ1) is 6.39. The van der Waals surface area contributed by atoms with Crippen LogP contribution in [0.5, 0.6) is 0 Å². The molecule has 2 nitrogen and oxygen atoms in total. The van der Waals surface area contributed by atoms with Crippen molar-refractivity contribution in [1.29, 1.82) is 0 Å². The molecule has 0 radical (unpaired) electrons. The van der Waals surface area contributed by atoms with Gasteiger partial charge >= 0.3 is 0 Å². The third-order valence-electron chi connectivity index (χ3n) is 1.44. The second kappa shape index (κ2) is 3.33. The van der Waals surface area contributed by atoms with E-state index in [0.29, 0.717) is 5.25 Å². The molecule has 0 saturated carbocycles. The molecule has 1 rings (SSSR count). The van der Waals surface area contributed by atoms with Gasteiger partial charge in [-0.25, -0.2) is 0 Å². The van der Waals surface area contributed by atoms with Crippen molar-refractivity contribution in [3.05, 3.63) is 0 Å². The predicted octanol–water partition coefficient (Wildman–Crippen LogP) is 0.945. The van der Waals surface area contributed by atoms with E-state index in [1.54, 1.807) is 0 Å². The summed E-state index contributed by atoms with van der Waals surface area (Å²) in [4.78, 5) is 0. The van der Waals surface area contributed by atoms with Crippen LogP contribution < -0.4 is 5.32 Å². The van der Waals surface area contributed by atoms with Gasteiger partial charge in [0.25, 0.3) is 0 Å². The van der Waals surface area contributed by atoms with E-state index in [0.717, 1.165) is 38.0 Å². The summed E-state index contributed by atoms with van der Waals surface area (Å²) in [6, 6.07) is 0. The maximum absolute atomic E-state index is 8.58. The Kier molecular flexibility index (Phi) is 2.66. The molecule has 1 aliphatic rings. The molecule has 48 valence electrons. The van der Waals surface area contributed by atoms with E-state index in [2.05, 4.69) is 5.32 Å². The van der Waals surface area contributed by atoms with Crippen molar-refractivity contribution in [3.63, 3.8) is 0 Å². The highest BCUT2D eigenvalue weighted by atomic mass is 32.2. The molecule has 0 spiro atoms.